The van der Waals surface area contributed by atoms with E-state index in [1.807, 2.05) is 20.8 Å². The molecule has 1 aromatic heterocycles. The standard InChI is InChI=1S/C18H23N3O3/c1-18(2,3)11-16(22)20-13-6-8-14(9-7-13)21-17(23)19-12-15-5-4-10-24-15/h4-10H,11-12H2,1-3H3,(H,20,22)(H2,19,21,23). The number of urea groups is 1. The molecule has 6 heteroatoms. The average molecular weight is 329 g/mol. The molecule has 0 atom stereocenters. The molecular formula is C18H23N3O3. The van der Waals surface area contributed by atoms with Gasteiger partial charge in [0.1, 0.15) is 5.76 Å². The van der Waals surface area contributed by atoms with Crippen molar-refractivity contribution in [2.45, 2.75) is 33.7 Å². The van der Waals surface area contributed by atoms with Crippen LogP contribution in [0.15, 0.2) is 47.1 Å². The smallest absolute Gasteiger partial charge is 0.319 e. The van der Waals surface area contributed by atoms with E-state index in [-0.39, 0.29) is 17.4 Å². The third kappa shape index (κ3) is 6.16. The highest BCUT2D eigenvalue weighted by molar-refractivity contribution is 5.92. The molecule has 0 radical (unpaired) electrons. The van der Waals surface area contributed by atoms with Crippen LogP contribution in [0.25, 0.3) is 0 Å². The summed E-state index contributed by atoms with van der Waals surface area (Å²) < 4.78 is 5.14. The lowest BCUT2D eigenvalue weighted by atomic mass is 9.92. The Labute approximate surface area is 141 Å². The van der Waals surface area contributed by atoms with Crippen LogP contribution < -0.4 is 16.0 Å². The average Bonchev–Trinajstić information content (AvgIpc) is 2.98. The Morgan fingerprint density at radius 3 is 2.17 bits per heavy atom. The van der Waals surface area contributed by atoms with Crippen molar-refractivity contribution in [3.63, 3.8) is 0 Å². The Balaban J connectivity index is 1.81. The molecular weight excluding hydrogens is 306 g/mol. The van der Waals surface area contributed by atoms with E-state index in [9.17, 15) is 9.59 Å². The second-order valence-corrected chi connectivity index (χ2v) is 6.75. The van der Waals surface area contributed by atoms with Gasteiger partial charge in [0, 0.05) is 17.8 Å². The molecule has 0 aliphatic carbocycles. The predicted octanol–water partition coefficient (Wildman–Crippen LogP) is 3.98. The summed E-state index contributed by atoms with van der Waals surface area (Å²) in [6.07, 6.45) is 2.00. The van der Waals surface area contributed by atoms with Gasteiger partial charge in [0.15, 0.2) is 0 Å². The minimum atomic E-state index is -0.323. The van der Waals surface area contributed by atoms with Gasteiger partial charge in [-0.2, -0.15) is 0 Å². The zero-order chi connectivity index (χ0) is 17.6. The minimum Gasteiger partial charge on any atom is -0.467 e. The lowest BCUT2D eigenvalue weighted by molar-refractivity contribution is -0.117. The molecule has 2 aromatic rings. The van der Waals surface area contributed by atoms with Gasteiger partial charge in [-0.05, 0) is 41.8 Å². The molecule has 3 N–H and O–H groups in total. The SMILES string of the molecule is CC(C)(C)CC(=O)Nc1ccc(NC(=O)NCc2ccco2)cc1. The molecule has 0 spiro atoms. The summed E-state index contributed by atoms with van der Waals surface area (Å²) in [7, 11) is 0. The Bertz CT molecular complexity index is 671. The number of hydrogen-bond acceptors (Lipinski definition) is 3. The monoisotopic (exact) mass is 329 g/mol. The van der Waals surface area contributed by atoms with E-state index in [0.717, 1.165) is 0 Å². The number of nitrogens with one attached hydrogen (secondary N) is 3. The second-order valence-electron chi connectivity index (χ2n) is 6.75. The van der Waals surface area contributed by atoms with Crippen LogP contribution in [0.1, 0.15) is 33.0 Å². The Morgan fingerprint density at radius 1 is 1.00 bits per heavy atom. The molecule has 3 amide bonds. The summed E-state index contributed by atoms with van der Waals surface area (Å²) >= 11 is 0. The lowest BCUT2D eigenvalue weighted by Crippen LogP contribution is -2.28. The minimum absolute atomic E-state index is 0.0283. The van der Waals surface area contributed by atoms with E-state index in [2.05, 4.69) is 16.0 Å². The maximum atomic E-state index is 11.9. The van der Waals surface area contributed by atoms with Crippen LogP contribution in [0.5, 0.6) is 0 Å². The van der Waals surface area contributed by atoms with Gasteiger partial charge in [0.25, 0.3) is 0 Å². The molecule has 0 bridgehead atoms. The molecule has 1 heterocycles. The zero-order valence-electron chi connectivity index (χ0n) is 14.2. The van der Waals surface area contributed by atoms with E-state index in [0.29, 0.717) is 30.1 Å². The van der Waals surface area contributed by atoms with Gasteiger partial charge in [0.05, 0.1) is 12.8 Å². The molecule has 0 unspecified atom stereocenters. The van der Waals surface area contributed by atoms with Gasteiger partial charge in [0.2, 0.25) is 5.91 Å². The quantitative estimate of drug-likeness (QED) is 0.776. The molecule has 6 nitrogen and oxygen atoms in total. The highest BCUT2D eigenvalue weighted by Crippen LogP contribution is 2.20. The molecule has 0 fully saturated rings. The number of hydrogen-bond donors (Lipinski definition) is 3. The number of rotatable bonds is 5. The molecule has 128 valence electrons. The summed E-state index contributed by atoms with van der Waals surface area (Å²) in [5.74, 6) is 0.654. The van der Waals surface area contributed by atoms with Crippen molar-refractivity contribution >= 4 is 23.3 Å². The van der Waals surface area contributed by atoms with Crippen molar-refractivity contribution in [1.82, 2.24) is 5.32 Å². The van der Waals surface area contributed by atoms with Crippen molar-refractivity contribution in [3.05, 3.63) is 48.4 Å². The fourth-order valence-corrected chi connectivity index (χ4v) is 2.08. The van der Waals surface area contributed by atoms with E-state index in [1.165, 1.54) is 0 Å². The van der Waals surface area contributed by atoms with Crippen molar-refractivity contribution in [3.8, 4) is 0 Å². The molecule has 24 heavy (non-hydrogen) atoms. The van der Waals surface area contributed by atoms with Crippen LogP contribution in [-0.2, 0) is 11.3 Å². The number of benzene rings is 1. The van der Waals surface area contributed by atoms with Crippen LogP contribution in [-0.4, -0.2) is 11.9 Å². The lowest BCUT2D eigenvalue weighted by Gasteiger charge is -2.17. The summed E-state index contributed by atoms with van der Waals surface area (Å²) in [4.78, 5) is 23.7. The summed E-state index contributed by atoms with van der Waals surface area (Å²) in [5, 5.41) is 8.25. The van der Waals surface area contributed by atoms with Crippen molar-refractivity contribution in [1.29, 1.82) is 0 Å². The number of anilines is 2. The van der Waals surface area contributed by atoms with Gasteiger partial charge in [-0.3, -0.25) is 4.79 Å². The topological polar surface area (TPSA) is 83.4 Å². The fraction of sp³-hybridized carbons (Fsp3) is 0.333. The molecule has 0 aliphatic heterocycles. The van der Waals surface area contributed by atoms with Gasteiger partial charge in [-0.25, -0.2) is 4.79 Å². The second kappa shape index (κ2) is 7.68. The molecule has 0 aliphatic rings. The highest BCUT2D eigenvalue weighted by atomic mass is 16.3. The third-order valence-corrected chi connectivity index (χ3v) is 3.12. The summed E-state index contributed by atoms with van der Waals surface area (Å²) in [6.45, 7) is 6.36. The van der Waals surface area contributed by atoms with E-state index in [4.69, 9.17) is 4.42 Å². The van der Waals surface area contributed by atoms with Crippen LogP contribution in [0.2, 0.25) is 0 Å². The maximum absolute atomic E-state index is 11.9. The molecule has 2 rings (SSSR count). The van der Waals surface area contributed by atoms with Crippen LogP contribution >= 0.6 is 0 Å². The molecule has 0 saturated heterocycles. The molecule has 1 aromatic carbocycles. The zero-order valence-corrected chi connectivity index (χ0v) is 14.2. The van der Waals surface area contributed by atoms with Crippen LogP contribution in [0.3, 0.4) is 0 Å². The van der Waals surface area contributed by atoms with Gasteiger partial charge < -0.3 is 20.4 Å². The summed E-state index contributed by atoms with van der Waals surface area (Å²) in [6, 6.07) is 10.2. The number of furan rings is 1. The Morgan fingerprint density at radius 2 is 1.62 bits per heavy atom. The first-order chi connectivity index (χ1) is 11.3. The number of carbonyl (C=O) groups is 2. The Hall–Kier alpha value is -2.76. The maximum Gasteiger partial charge on any atom is 0.319 e. The summed E-state index contributed by atoms with van der Waals surface area (Å²) in [5.41, 5.74) is 1.28. The van der Waals surface area contributed by atoms with Gasteiger partial charge in [-0.15, -0.1) is 0 Å². The normalized spacial score (nSPS) is 11.0. The van der Waals surface area contributed by atoms with Crippen molar-refractivity contribution < 1.29 is 14.0 Å². The predicted molar refractivity (Wildman–Crippen MR) is 93.7 cm³/mol. The van der Waals surface area contributed by atoms with Crippen LogP contribution in [0.4, 0.5) is 16.2 Å². The van der Waals surface area contributed by atoms with Crippen molar-refractivity contribution in [2.75, 3.05) is 10.6 Å². The first-order valence-corrected chi connectivity index (χ1v) is 7.79. The van der Waals surface area contributed by atoms with Crippen molar-refractivity contribution in [2.24, 2.45) is 5.41 Å². The van der Waals surface area contributed by atoms with E-state index in [1.54, 1.807) is 42.7 Å². The van der Waals surface area contributed by atoms with Gasteiger partial charge in [-0.1, -0.05) is 20.8 Å². The largest absolute Gasteiger partial charge is 0.467 e. The number of amides is 3. The van der Waals surface area contributed by atoms with Gasteiger partial charge >= 0.3 is 6.03 Å². The van der Waals surface area contributed by atoms with E-state index >= 15 is 0 Å². The molecule has 0 saturated carbocycles. The first-order valence-electron chi connectivity index (χ1n) is 7.79. The van der Waals surface area contributed by atoms with E-state index < -0.39 is 0 Å². The highest BCUT2D eigenvalue weighted by Gasteiger charge is 2.15. The Kier molecular flexibility index (Phi) is 5.63. The third-order valence-electron chi connectivity index (χ3n) is 3.12. The van der Waals surface area contributed by atoms with Crippen LogP contribution in [0, 0.1) is 5.41 Å². The number of carbonyl (C=O) groups excluding carboxylic acids is 2. The first kappa shape index (κ1) is 17.6. The fourth-order valence-electron chi connectivity index (χ4n) is 2.08.